The summed E-state index contributed by atoms with van der Waals surface area (Å²) in [4.78, 5) is 52.0. The molecule has 2 aromatic rings. The number of hydrogen-bond acceptors (Lipinski definition) is 14. The molecule has 6 N–H and O–H groups in total. The second-order valence-corrected chi connectivity index (χ2v) is 11.8. The van der Waals surface area contributed by atoms with E-state index in [-0.39, 0.29) is 107 Å². The first kappa shape index (κ1) is 35.7. The maximum Gasteiger partial charge on any atom is 1.00 e. The summed E-state index contributed by atoms with van der Waals surface area (Å²) in [7, 11) is -16.3. The average Bonchev–Trinajstić information content (AvgIpc) is 3.13. The van der Waals surface area contributed by atoms with Crippen LogP contribution in [0.2, 0.25) is 0 Å². The van der Waals surface area contributed by atoms with E-state index in [1.54, 1.807) is 0 Å². The van der Waals surface area contributed by atoms with Crippen molar-refractivity contribution < 1.29 is 147 Å². The molecule has 176 valence electrons. The van der Waals surface area contributed by atoms with Gasteiger partial charge in [0.15, 0.2) is 25.3 Å². The third-order valence-electron chi connectivity index (χ3n) is 4.01. The molecule has 0 aromatic carbocycles. The topological polar surface area (TPSA) is 276 Å². The molecule has 0 saturated carbocycles. The summed E-state index contributed by atoms with van der Waals surface area (Å²) in [5.74, 6) is -1.81. The minimum Gasteiger partial charge on any atom is -1.00 e. The zero-order valence-electron chi connectivity index (χ0n) is 19.1. The number of nitrogens with zero attached hydrogens (tertiary/aromatic N) is 4. The summed E-state index contributed by atoms with van der Waals surface area (Å²) in [5, 5.41) is 20.4. The third kappa shape index (κ3) is 9.16. The smallest absolute Gasteiger partial charge is 1.00 e. The summed E-state index contributed by atoms with van der Waals surface area (Å²) >= 11 is 0. The van der Waals surface area contributed by atoms with Gasteiger partial charge in [0.2, 0.25) is 0 Å². The summed E-state index contributed by atoms with van der Waals surface area (Å²) in [6.45, 7) is -0.921. The molecule has 6 atom stereocenters. The standard InChI is InChI=1S/C11H18N5O12P3.3Na.H/c12-9-6-10(14-2-13-9)16(3-15-6)11-8(18)7(17)5(27-11)1-26-29(19,20)4-30(21,22)28-31(23,24)25;;;;/h2-3,5,7-8,11,17-18H,1,4H2,(H,19,20)(H,21,22)(H2,12,13,14)(H2,23,24,25);;;;/q;3*+1;-1/p-2/t5-,7?,8+,11-;;;;/m1..../s1. The van der Waals surface area contributed by atoms with Crippen molar-refractivity contribution in [3.05, 3.63) is 12.7 Å². The minimum atomic E-state index is -5.51. The van der Waals surface area contributed by atoms with Crippen LogP contribution in [0.1, 0.15) is 7.65 Å². The summed E-state index contributed by atoms with van der Waals surface area (Å²) < 4.78 is 48.5. The first-order chi connectivity index (χ1) is 14.2. The fourth-order valence-electron chi connectivity index (χ4n) is 2.78. The van der Waals surface area contributed by atoms with E-state index in [0.717, 1.165) is 6.33 Å². The van der Waals surface area contributed by atoms with Crippen LogP contribution in [0.15, 0.2) is 12.7 Å². The van der Waals surface area contributed by atoms with Crippen LogP contribution in [0.5, 0.6) is 0 Å². The second-order valence-electron chi connectivity index (χ2n) is 6.36. The van der Waals surface area contributed by atoms with Gasteiger partial charge in [-0.25, -0.2) is 23.8 Å². The van der Waals surface area contributed by atoms with Gasteiger partial charge in [0, 0.05) is 0 Å². The predicted octanol–water partition coefficient (Wildman–Crippen LogP) is -11.7. The van der Waals surface area contributed by atoms with E-state index in [9.17, 15) is 33.7 Å². The molecule has 0 bridgehead atoms. The molecule has 3 heterocycles. The Kier molecular flexibility index (Phi) is 14.3. The van der Waals surface area contributed by atoms with Crippen LogP contribution in [0.4, 0.5) is 5.82 Å². The molecule has 34 heavy (non-hydrogen) atoms. The van der Waals surface area contributed by atoms with Crippen molar-refractivity contribution in [1.82, 2.24) is 19.5 Å². The normalized spacial score (nSPS) is 25.9. The minimum absolute atomic E-state index is 0. The number of nitrogens with two attached hydrogens (primary N) is 1. The maximum absolute atomic E-state index is 11.9. The van der Waals surface area contributed by atoms with Gasteiger partial charge in [-0.1, -0.05) is 0 Å². The molecule has 23 heteroatoms. The fourth-order valence-corrected chi connectivity index (χ4v) is 7.15. The number of phosphoric acid groups is 1. The molecule has 3 unspecified atom stereocenters. The molecule has 2 aromatic heterocycles. The van der Waals surface area contributed by atoms with Crippen molar-refractivity contribution in [1.29, 1.82) is 0 Å². The van der Waals surface area contributed by atoms with Gasteiger partial charge in [-0.3, -0.25) is 4.57 Å². The number of anilines is 1. The molecule has 3 rings (SSSR count). The number of aliphatic hydroxyl groups excluding tert-OH is 2. The Morgan fingerprint density at radius 2 is 1.71 bits per heavy atom. The molecule has 0 amide bonds. The Balaban J connectivity index is 0. The third-order valence-corrected chi connectivity index (χ3v) is 9.17. The Morgan fingerprint density at radius 3 is 2.29 bits per heavy atom. The quantitative estimate of drug-likeness (QED) is 0.145. The number of imidazole rings is 1. The Hall–Kier alpha value is 1.68. The van der Waals surface area contributed by atoms with Crippen molar-refractivity contribution in [3.63, 3.8) is 0 Å². The summed E-state index contributed by atoms with van der Waals surface area (Å²) in [5.41, 5.74) is 6.01. The SMILES string of the molecule is Nc1ncnc2c1ncn2[C@@H]1O[C@H](COP(=O)([O-])CP(=O)([O-])OP(=O)(O)O)C(O)[C@@H]1O.[H-].[Na+].[Na+].[Na+]. The van der Waals surface area contributed by atoms with Crippen molar-refractivity contribution in [2.45, 2.75) is 24.5 Å². The van der Waals surface area contributed by atoms with Gasteiger partial charge in [-0.05, 0) is 0 Å². The van der Waals surface area contributed by atoms with E-state index in [1.807, 2.05) is 0 Å². The average molecular weight is 573 g/mol. The molecule has 0 aliphatic carbocycles. The zero-order chi connectivity index (χ0) is 23.2. The summed E-state index contributed by atoms with van der Waals surface area (Å²) in [6, 6.07) is 0. The Bertz CT molecular complexity index is 1130. The van der Waals surface area contributed by atoms with Crippen LogP contribution in [-0.4, -0.2) is 70.3 Å². The summed E-state index contributed by atoms with van der Waals surface area (Å²) in [6.07, 6.45) is -3.64. The van der Waals surface area contributed by atoms with Crippen LogP contribution >= 0.6 is 23.0 Å². The van der Waals surface area contributed by atoms with Gasteiger partial charge in [0.1, 0.15) is 37.8 Å². The molecular weight excluding hydrogens is 556 g/mol. The molecule has 1 aliphatic rings. The van der Waals surface area contributed by atoms with Crippen LogP contribution in [0.25, 0.3) is 11.2 Å². The van der Waals surface area contributed by atoms with E-state index >= 15 is 0 Å². The van der Waals surface area contributed by atoms with Crippen molar-refractivity contribution in [3.8, 4) is 0 Å². The van der Waals surface area contributed by atoms with Crippen LogP contribution < -0.4 is 104 Å². The number of aliphatic hydroxyl groups is 2. The number of aromatic nitrogens is 4. The monoisotopic (exact) mass is 573 g/mol. The molecule has 0 radical (unpaired) electrons. The fraction of sp³-hybridized carbons (Fsp3) is 0.545. The van der Waals surface area contributed by atoms with Crippen LogP contribution in [0, 0.1) is 0 Å². The second kappa shape index (κ2) is 13.7. The molecule has 1 saturated heterocycles. The van der Waals surface area contributed by atoms with E-state index in [0.29, 0.717) is 0 Å². The first-order valence-corrected chi connectivity index (χ1v) is 13.1. The van der Waals surface area contributed by atoms with Crippen molar-refractivity contribution >= 4 is 40.0 Å². The van der Waals surface area contributed by atoms with Gasteiger partial charge in [0.25, 0.3) is 0 Å². The van der Waals surface area contributed by atoms with Gasteiger partial charge >= 0.3 is 96.5 Å². The Morgan fingerprint density at radius 1 is 1.09 bits per heavy atom. The van der Waals surface area contributed by atoms with Crippen LogP contribution in [0.3, 0.4) is 0 Å². The molecule has 1 fully saturated rings. The van der Waals surface area contributed by atoms with Gasteiger partial charge in [-0.2, -0.15) is 0 Å². The molecule has 17 nitrogen and oxygen atoms in total. The van der Waals surface area contributed by atoms with E-state index in [2.05, 4.69) is 23.8 Å². The number of ether oxygens (including phenoxy) is 1. The molecule has 0 spiro atoms. The Labute approximate surface area is 259 Å². The van der Waals surface area contributed by atoms with E-state index in [1.165, 1.54) is 10.9 Å². The molecular formula is C11H17N5Na3O12P3. The van der Waals surface area contributed by atoms with Gasteiger partial charge in [0.05, 0.1) is 18.8 Å². The number of fused-ring (bicyclic) bond motifs is 1. The maximum atomic E-state index is 11.9. The molecule has 1 aliphatic heterocycles. The largest absolute Gasteiger partial charge is 1.00 e. The van der Waals surface area contributed by atoms with Crippen molar-refractivity contribution in [2.24, 2.45) is 0 Å². The number of nitrogen functional groups attached to an aromatic ring is 1. The van der Waals surface area contributed by atoms with Crippen molar-refractivity contribution in [2.75, 3.05) is 18.2 Å². The number of hydrogen-bond donors (Lipinski definition) is 5. The van der Waals surface area contributed by atoms with E-state index < -0.39 is 60.1 Å². The zero-order valence-corrected chi connectivity index (χ0v) is 26.8. The van der Waals surface area contributed by atoms with E-state index in [4.69, 9.17) is 20.3 Å². The van der Waals surface area contributed by atoms with Gasteiger partial charge < -0.3 is 55.3 Å². The number of rotatable bonds is 8. The van der Waals surface area contributed by atoms with Gasteiger partial charge in [-0.15, -0.1) is 0 Å². The first-order valence-electron chi connectivity index (χ1n) is 8.15. The van der Waals surface area contributed by atoms with Crippen LogP contribution in [-0.2, 0) is 27.3 Å². The predicted molar refractivity (Wildman–Crippen MR) is 95.9 cm³/mol.